The normalized spacial score (nSPS) is 14.2. The second kappa shape index (κ2) is 5.63. The molecule has 0 heterocycles. The predicted molar refractivity (Wildman–Crippen MR) is 67.8 cm³/mol. The highest BCUT2D eigenvalue weighted by Gasteiger charge is 2.44. The molecule has 0 aliphatic carbocycles. The largest absolute Gasteiger partial charge is 0.349 e. The maximum Gasteiger partial charge on any atom is 0.349 e. The summed E-state index contributed by atoms with van der Waals surface area (Å²) in [6.07, 6.45) is 0. The Hall–Kier alpha value is 0.110. The van der Waals surface area contributed by atoms with E-state index in [0.717, 1.165) is 0 Å². The molecule has 0 aliphatic heterocycles. The lowest BCUT2D eigenvalue weighted by Gasteiger charge is -2.38. The maximum absolute atomic E-state index is 12.6. The van der Waals surface area contributed by atoms with E-state index in [2.05, 4.69) is 5.32 Å². The molecule has 0 atom stereocenters. The molecule has 0 aliphatic rings. The van der Waals surface area contributed by atoms with Crippen molar-refractivity contribution < 1.29 is 13.6 Å². The average molecular weight is 251 g/mol. The molecule has 1 N–H and O–H groups in total. The van der Waals surface area contributed by atoms with E-state index in [1.165, 1.54) is 0 Å². The quantitative estimate of drug-likeness (QED) is 0.735. The van der Waals surface area contributed by atoms with Crippen LogP contribution < -0.4 is 5.32 Å². The van der Waals surface area contributed by atoms with Crippen LogP contribution in [-0.2, 0) is 13.6 Å². The fourth-order valence-electron chi connectivity index (χ4n) is 1.69. The third kappa shape index (κ3) is 4.54. The van der Waals surface area contributed by atoms with Gasteiger partial charge in [-0.2, -0.15) is 0 Å². The van der Waals surface area contributed by atoms with Gasteiger partial charge in [0.1, 0.15) is 5.28 Å². The highest BCUT2D eigenvalue weighted by atomic mass is 31.2. The smallest absolute Gasteiger partial charge is 0.308 e. The summed E-state index contributed by atoms with van der Waals surface area (Å²) >= 11 is 0. The Bertz CT molecular complexity index is 248. The summed E-state index contributed by atoms with van der Waals surface area (Å²) in [6, 6.07) is 0. The van der Waals surface area contributed by atoms with E-state index in [9.17, 15) is 4.57 Å². The monoisotopic (exact) mass is 251 g/mol. The van der Waals surface area contributed by atoms with Gasteiger partial charge in [0, 0.05) is 5.54 Å². The van der Waals surface area contributed by atoms with Crippen molar-refractivity contribution in [2.75, 3.05) is 13.2 Å². The molecule has 98 valence electrons. The fraction of sp³-hybridized carbons (Fsp3) is 1.00. The van der Waals surface area contributed by atoms with Crippen LogP contribution in [0.2, 0.25) is 0 Å². The maximum atomic E-state index is 12.6. The van der Waals surface area contributed by atoms with Gasteiger partial charge in [-0.3, -0.25) is 9.88 Å². The van der Waals surface area contributed by atoms with Gasteiger partial charge in [-0.05, 0) is 48.5 Å². The molecular weight excluding hydrogens is 225 g/mol. The zero-order valence-electron chi connectivity index (χ0n) is 11.6. The lowest BCUT2D eigenvalue weighted by Crippen LogP contribution is -2.50. The van der Waals surface area contributed by atoms with Crippen molar-refractivity contribution >= 4 is 7.60 Å². The van der Waals surface area contributed by atoms with E-state index in [1.54, 1.807) is 0 Å². The Morgan fingerprint density at radius 3 is 1.62 bits per heavy atom. The van der Waals surface area contributed by atoms with Gasteiger partial charge in [-0.15, -0.1) is 0 Å². The van der Waals surface area contributed by atoms with E-state index < -0.39 is 12.9 Å². The topological polar surface area (TPSA) is 47.6 Å². The van der Waals surface area contributed by atoms with E-state index in [4.69, 9.17) is 9.05 Å². The molecule has 0 bridgehead atoms. The summed E-state index contributed by atoms with van der Waals surface area (Å²) in [4.78, 5) is 0. The Morgan fingerprint density at radius 2 is 1.38 bits per heavy atom. The second-order valence-electron chi connectivity index (χ2n) is 5.27. The lowest BCUT2D eigenvalue weighted by molar-refractivity contribution is 0.182. The molecule has 0 unspecified atom stereocenters. The van der Waals surface area contributed by atoms with E-state index >= 15 is 0 Å². The SMILES string of the molecule is CCOP(=O)(OCC)C(C)(C)NC(C)(C)C. The van der Waals surface area contributed by atoms with Crippen LogP contribution in [0.5, 0.6) is 0 Å². The molecular formula is C11H26NO3P. The van der Waals surface area contributed by atoms with Gasteiger partial charge in [-0.25, -0.2) is 0 Å². The summed E-state index contributed by atoms with van der Waals surface area (Å²) < 4.78 is 23.3. The first-order chi connectivity index (χ1) is 7.08. The zero-order chi connectivity index (χ0) is 13.0. The van der Waals surface area contributed by atoms with Crippen molar-refractivity contribution in [3.8, 4) is 0 Å². The van der Waals surface area contributed by atoms with Crippen LogP contribution in [0.15, 0.2) is 0 Å². The third-order valence-electron chi connectivity index (χ3n) is 1.96. The highest BCUT2D eigenvalue weighted by molar-refractivity contribution is 7.55. The summed E-state index contributed by atoms with van der Waals surface area (Å²) in [5.74, 6) is 0. The third-order valence-corrected chi connectivity index (χ3v) is 4.64. The van der Waals surface area contributed by atoms with E-state index in [1.807, 2.05) is 48.5 Å². The molecule has 0 amide bonds. The molecule has 0 aromatic carbocycles. The molecule has 0 saturated heterocycles. The Kier molecular flexibility index (Phi) is 5.67. The minimum atomic E-state index is -3.13. The van der Waals surface area contributed by atoms with Crippen molar-refractivity contribution in [2.45, 2.75) is 59.3 Å². The molecule has 5 heteroatoms. The molecule has 0 rings (SSSR count). The van der Waals surface area contributed by atoms with Gasteiger partial charge in [0.05, 0.1) is 13.2 Å². The van der Waals surface area contributed by atoms with Crippen LogP contribution in [0.1, 0.15) is 48.5 Å². The summed E-state index contributed by atoms with van der Waals surface area (Å²) in [6.45, 7) is 14.2. The average Bonchev–Trinajstić information content (AvgIpc) is 1.99. The second-order valence-corrected chi connectivity index (χ2v) is 7.90. The van der Waals surface area contributed by atoms with Gasteiger partial charge in [0.2, 0.25) is 0 Å². The minimum Gasteiger partial charge on any atom is -0.308 e. The van der Waals surface area contributed by atoms with Crippen molar-refractivity contribution in [1.29, 1.82) is 0 Å². The molecule has 4 nitrogen and oxygen atoms in total. The van der Waals surface area contributed by atoms with Gasteiger partial charge in [0.15, 0.2) is 0 Å². The highest BCUT2D eigenvalue weighted by Crippen LogP contribution is 2.58. The predicted octanol–water partition coefficient (Wildman–Crippen LogP) is 3.38. The van der Waals surface area contributed by atoms with E-state index in [0.29, 0.717) is 13.2 Å². The number of rotatable bonds is 6. The van der Waals surface area contributed by atoms with Crippen molar-refractivity contribution in [1.82, 2.24) is 5.32 Å². The first-order valence-corrected chi connectivity index (χ1v) is 7.31. The van der Waals surface area contributed by atoms with Crippen molar-refractivity contribution in [2.24, 2.45) is 0 Å². The van der Waals surface area contributed by atoms with Crippen molar-refractivity contribution in [3.05, 3.63) is 0 Å². The minimum absolute atomic E-state index is 0.145. The first-order valence-electron chi connectivity index (χ1n) is 5.76. The van der Waals surface area contributed by atoms with E-state index in [-0.39, 0.29) is 5.54 Å². The van der Waals surface area contributed by atoms with Gasteiger partial charge < -0.3 is 9.05 Å². The summed E-state index contributed by atoms with van der Waals surface area (Å²) in [7, 11) is -3.13. The molecule has 0 aromatic heterocycles. The van der Waals surface area contributed by atoms with Crippen LogP contribution in [0, 0.1) is 0 Å². The van der Waals surface area contributed by atoms with Crippen LogP contribution in [-0.4, -0.2) is 24.0 Å². The van der Waals surface area contributed by atoms with Gasteiger partial charge in [-0.1, -0.05) is 0 Å². The molecule has 0 fully saturated rings. The molecule has 16 heavy (non-hydrogen) atoms. The number of hydrogen-bond donors (Lipinski definition) is 1. The Balaban J connectivity index is 4.96. The van der Waals surface area contributed by atoms with Crippen LogP contribution in [0.4, 0.5) is 0 Å². The summed E-state index contributed by atoms with van der Waals surface area (Å²) in [5.41, 5.74) is -0.145. The van der Waals surface area contributed by atoms with Crippen LogP contribution in [0.3, 0.4) is 0 Å². The Morgan fingerprint density at radius 1 is 1.00 bits per heavy atom. The molecule has 0 radical (unpaired) electrons. The first kappa shape index (κ1) is 16.1. The van der Waals surface area contributed by atoms with Crippen molar-refractivity contribution in [3.63, 3.8) is 0 Å². The zero-order valence-corrected chi connectivity index (χ0v) is 12.5. The van der Waals surface area contributed by atoms with Crippen LogP contribution >= 0.6 is 7.60 Å². The van der Waals surface area contributed by atoms with Gasteiger partial charge in [0.25, 0.3) is 0 Å². The number of hydrogen-bond acceptors (Lipinski definition) is 4. The molecule has 0 saturated carbocycles. The number of nitrogens with one attached hydrogen (secondary N) is 1. The fourth-order valence-corrected chi connectivity index (χ4v) is 3.56. The lowest BCUT2D eigenvalue weighted by atomic mass is 10.1. The standard InChI is InChI=1S/C11H26NO3P/c1-8-14-16(13,15-9-2)11(6,7)12-10(3,4)5/h12H,8-9H2,1-7H3. The van der Waals surface area contributed by atoms with Gasteiger partial charge >= 0.3 is 7.60 Å². The van der Waals surface area contributed by atoms with Crippen LogP contribution in [0.25, 0.3) is 0 Å². The molecule has 0 spiro atoms. The Labute approximate surface area is 99.6 Å². The summed E-state index contributed by atoms with van der Waals surface area (Å²) in [5, 5.41) is 2.60. The molecule has 0 aromatic rings.